The van der Waals surface area contributed by atoms with Crippen molar-refractivity contribution in [3.05, 3.63) is 88.0 Å². The number of aliphatic carboxylic acids is 1. The summed E-state index contributed by atoms with van der Waals surface area (Å²) >= 11 is 5.49. The van der Waals surface area contributed by atoms with E-state index in [4.69, 9.17) is 55.6 Å². The zero-order chi connectivity index (χ0) is 62.9. The Hall–Kier alpha value is -6.15. The maximum Gasteiger partial charge on any atom is 0.408 e. The second-order valence-corrected chi connectivity index (χ2v) is 23.1. The number of carbonyl (C=O) groups excluding carboxylic acids is 7. The molecule has 22 heteroatoms. The number of alkyl halides is 1. The third-order valence-electron chi connectivity index (χ3n) is 10.9. The Labute approximate surface area is 509 Å². The number of carboxylic acids is 1. The number of hydrogen-bond donors (Lipinski definition) is 4. The molecule has 83 heavy (non-hydrogen) atoms. The Morgan fingerprint density at radius 1 is 0.458 bits per heavy atom. The zero-order valence-corrected chi connectivity index (χ0v) is 54.7. The lowest BCUT2D eigenvalue weighted by Gasteiger charge is -2.21. The number of halogens is 3. The summed E-state index contributed by atoms with van der Waals surface area (Å²) in [6.07, 6.45) is -1.46. The lowest BCUT2D eigenvalue weighted by molar-refractivity contribution is -0.154. The Morgan fingerprint density at radius 2 is 0.711 bits per heavy atom. The van der Waals surface area contributed by atoms with Crippen molar-refractivity contribution < 1.29 is 76.6 Å². The molecule has 3 atom stereocenters. The van der Waals surface area contributed by atoms with Crippen LogP contribution in [0.2, 0.25) is 0 Å². The highest BCUT2D eigenvalue weighted by Crippen LogP contribution is 2.37. The molecule has 3 aromatic rings. The van der Waals surface area contributed by atoms with Gasteiger partial charge in [0.15, 0.2) is 13.2 Å². The fraction of sp³-hybridized carbons (Fsp3) is 0.574. The van der Waals surface area contributed by atoms with E-state index in [-0.39, 0.29) is 54.4 Å². The van der Waals surface area contributed by atoms with Crippen LogP contribution < -0.4 is 30.6 Å². The van der Waals surface area contributed by atoms with Gasteiger partial charge in [-0.05, 0) is 131 Å². The Kier molecular flexibility index (Phi) is 37.8. The molecule has 5 N–H and O–H groups in total. The largest absolute Gasteiger partial charge is 0.480 e. The van der Waals surface area contributed by atoms with Gasteiger partial charge in [-0.15, -0.1) is 36.4 Å². The van der Waals surface area contributed by atoms with Crippen LogP contribution in [-0.2, 0) is 47.7 Å². The lowest BCUT2D eigenvalue weighted by Crippen LogP contribution is -2.42. The van der Waals surface area contributed by atoms with Gasteiger partial charge >= 0.3 is 48.0 Å². The number of esters is 5. The maximum atomic E-state index is 12.3. The highest BCUT2D eigenvalue weighted by molar-refractivity contribution is 6.26. The first-order chi connectivity index (χ1) is 37.2. The van der Waals surface area contributed by atoms with Gasteiger partial charge in [0.25, 0.3) is 0 Å². The fourth-order valence-electron chi connectivity index (χ4n) is 6.84. The second-order valence-electron chi connectivity index (χ2n) is 22.9. The normalized spacial score (nSPS) is 12.0. The molecule has 0 aliphatic rings. The van der Waals surface area contributed by atoms with Crippen LogP contribution in [0.25, 0.3) is 0 Å². The van der Waals surface area contributed by atoms with Gasteiger partial charge in [-0.2, -0.15) is 0 Å². The molecule has 0 bridgehead atoms. The third kappa shape index (κ3) is 31.9. The summed E-state index contributed by atoms with van der Waals surface area (Å²) in [6.45, 7) is 38.1. The summed E-state index contributed by atoms with van der Waals surface area (Å²) in [5, 5.41) is 13.0. The van der Waals surface area contributed by atoms with Gasteiger partial charge in [0.2, 0.25) is 0 Å². The van der Waals surface area contributed by atoms with E-state index in [0.717, 1.165) is 33.4 Å². The van der Waals surface area contributed by atoms with Crippen molar-refractivity contribution in [3.8, 4) is 17.2 Å². The van der Waals surface area contributed by atoms with Gasteiger partial charge < -0.3 is 54.6 Å². The van der Waals surface area contributed by atoms with E-state index >= 15 is 0 Å². The molecule has 19 nitrogen and oxygen atoms in total. The number of amides is 2. The molecule has 0 aliphatic carbocycles. The lowest BCUT2D eigenvalue weighted by atomic mass is 9.94. The molecule has 0 saturated heterocycles. The molecule has 0 saturated carbocycles. The minimum absolute atomic E-state index is 0. The maximum absolute atomic E-state index is 12.3. The fourth-order valence-corrected chi connectivity index (χ4v) is 6.89. The van der Waals surface area contributed by atoms with Crippen LogP contribution in [0.1, 0.15) is 214 Å². The number of nitrogens with two attached hydrogens (primary N) is 1. The molecule has 0 aliphatic heterocycles. The van der Waals surface area contributed by atoms with Crippen molar-refractivity contribution in [1.29, 1.82) is 0 Å². The van der Waals surface area contributed by atoms with Crippen molar-refractivity contribution in [2.75, 3.05) is 19.1 Å². The first-order valence-electron chi connectivity index (χ1n) is 27.1. The van der Waals surface area contributed by atoms with E-state index in [2.05, 4.69) is 38.3 Å². The highest BCUT2D eigenvalue weighted by atomic mass is 35.5. The Bertz CT molecular complexity index is 2470. The van der Waals surface area contributed by atoms with Crippen LogP contribution in [-0.4, -0.2) is 102 Å². The predicted molar refractivity (Wildman–Crippen MR) is 327 cm³/mol. The van der Waals surface area contributed by atoms with Crippen molar-refractivity contribution in [2.45, 2.75) is 210 Å². The van der Waals surface area contributed by atoms with Crippen molar-refractivity contribution in [2.24, 2.45) is 5.73 Å². The molecule has 470 valence electrons. The van der Waals surface area contributed by atoms with Crippen LogP contribution >= 0.6 is 36.4 Å². The van der Waals surface area contributed by atoms with E-state index in [9.17, 15) is 38.4 Å². The molecule has 0 fully saturated rings. The van der Waals surface area contributed by atoms with Crippen molar-refractivity contribution in [3.63, 3.8) is 0 Å². The first kappa shape index (κ1) is 81.1. The minimum Gasteiger partial charge on any atom is -0.480 e. The van der Waals surface area contributed by atoms with Gasteiger partial charge in [0.05, 0.1) is 0 Å². The van der Waals surface area contributed by atoms with Crippen LogP contribution in [0.15, 0.2) is 54.6 Å². The quantitative estimate of drug-likeness (QED) is 0.0376. The van der Waals surface area contributed by atoms with Gasteiger partial charge in [-0.25, -0.2) is 24.0 Å². The summed E-state index contributed by atoms with van der Waals surface area (Å²) in [7, 11) is 0. The van der Waals surface area contributed by atoms with E-state index in [0.29, 0.717) is 29.1 Å². The predicted octanol–water partition coefficient (Wildman–Crippen LogP) is 12.9. The van der Waals surface area contributed by atoms with E-state index in [1.807, 2.05) is 110 Å². The van der Waals surface area contributed by atoms with E-state index in [1.165, 1.54) is 20.8 Å². The first-order valence-corrected chi connectivity index (χ1v) is 27.6. The molecule has 0 aromatic heterocycles. The summed E-state index contributed by atoms with van der Waals surface area (Å²) < 4.78 is 36.1. The average molecular weight is 1230 g/mol. The number of benzene rings is 3. The number of nitrogens with one attached hydrogen (secondary N) is 2. The van der Waals surface area contributed by atoms with Crippen molar-refractivity contribution in [1.82, 2.24) is 10.6 Å². The van der Waals surface area contributed by atoms with Gasteiger partial charge in [-0.1, -0.05) is 138 Å². The summed E-state index contributed by atoms with van der Waals surface area (Å²) in [5.74, 6) is -1.14. The molecular weight excluding hydrogens is 1140 g/mol. The van der Waals surface area contributed by atoms with Crippen LogP contribution in [0.4, 0.5) is 9.59 Å². The smallest absolute Gasteiger partial charge is 0.408 e. The Morgan fingerprint density at radius 3 is 0.940 bits per heavy atom. The monoisotopic (exact) mass is 1230 g/mol. The molecule has 3 aromatic carbocycles. The topological polar surface area (TPSA) is 271 Å². The van der Waals surface area contributed by atoms with E-state index < -0.39 is 90.5 Å². The molecule has 0 spiro atoms. The summed E-state index contributed by atoms with van der Waals surface area (Å²) in [5.41, 5.74) is 9.92. The van der Waals surface area contributed by atoms with Crippen LogP contribution in [0.5, 0.6) is 17.2 Å². The number of ether oxygens (including phenoxy) is 7. The molecule has 0 heterocycles. The SMILES string of the molecule is CC(C)c1cccc(C(C)C)c1OC(=O)CCl.CC(C)c1cccc(C(C)C)c1OC(=O)COC(=O)[C@H](C)N.CC(C)c1cccc(C(C)C)c1OC(=O)COC(=O)[C@H](C)NC(=O)OC(C)(C)C.C[C@H](NC(=O)OC(C)(C)C)C(=O)O.Cl.Cl. The minimum atomic E-state index is -1.09. The van der Waals surface area contributed by atoms with Gasteiger partial charge in [0.1, 0.15) is 52.5 Å². The summed E-state index contributed by atoms with van der Waals surface area (Å²) in [6, 6.07) is 14.9. The van der Waals surface area contributed by atoms with Crippen LogP contribution in [0.3, 0.4) is 0 Å². The van der Waals surface area contributed by atoms with Gasteiger partial charge in [0, 0.05) is 0 Å². The molecule has 2 amide bonds. The molecule has 0 unspecified atom stereocenters. The number of carbonyl (C=O) groups is 8. The number of alkyl carbamates (subject to hydrolysis) is 2. The highest BCUT2D eigenvalue weighted by Gasteiger charge is 2.26. The number of hydrogen-bond acceptors (Lipinski definition) is 16. The Balaban J connectivity index is -0.00000106. The number of rotatable bonds is 19. The molecule has 0 radical (unpaired) electrons. The van der Waals surface area contributed by atoms with Crippen LogP contribution in [0, 0.1) is 0 Å². The average Bonchev–Trinajstić information content (AvgIpc) is 3.33. The standard InChI is InChI=1S/C22H33NO6.C17H25NO4.C14H19ClO2.C8H15NO4.2ClH/c1-13(2)16-10-9-11-17(14(3)4)19(16)28-18(24)12-27-20(25)15(5)23-21(26)29-22(6,7)8;1-10(2)13-7-6-8-14(11(3)4)16(13)22-15(19)9-21-17(20)12(5)18;1-9(2)11-6-5-7-12(10(3)4)14(11)17-13(16)8-15;1-5(6(10)11)9-7(12)13-8(2,3)4;;/h9-11,13-15H,12H2,1-8H3,(H,23,26);6-8,10-12H,9,18H2,1-5H3;5-7,9-10H,8H2,1-4H3;5H,1-4H3,(H,9,12)(H,10,11);2*1H/t15-;12-;;5-;;/m00.0../s1. The van der Waals surface area contributed by atoms with E-state index in [1.54, 1.807) is 41.5 Å². The summed E-state index contributed by atoms with van der Waals surface area (Å²) in [4.78, 5) is 92.0. The zero-order valence-electron chi connectivity index (χ0n) is 52.4. The number of para-hydroxylation sites is 3. The van der Waals surface area contributed by atoms with Gasteiger partial charge in [-0.3, -0.25) is 14.4 Å². The molecule has 3 rings (SSSR count). The second kappa shape index (κ2) is 38.7. The third-order valence-corrected chi connectivity index (χ3v) is 11.2. The number of carboxylic acid groups (broad SMARTS) is 1. The van der Waals surface area contributed by atoms with Crippen molar-refractivity contribution >= 4 is 84.4 Å². The molecular formula is C61H94Cl3N3O16.